The fourth-order valence-corrected chi connectivity index (χ4v) is 4.52. The van der Waals surface area contributed by atoms with E-state index >= 15 is 0 Å². The summed E-state index contributed by atoms with van der Waals surface area (Å²) in [4.78, 5) is 30.8. The van der Waals surface area contributed by atoms with E-state index in [1.54, 1.807) is 42.2 Å². The van der Waals surface area contributed by atoms with Crippen molar-refractivity contribution < 1.29 is 14.1 Å². The summed E-state index contributed by atoms with van der Waals surface area (Å²) in [5.74, 6) is 0.851. The Hall–Kier alpha value is -3.65. The van der Waals surface area contributed by atoms with E-state index in [1.807, 2.05) is 45.0 Å². The first kappa shape index (κ1) is 22.5. The van der Waals surface area contributed by atoms with Crippen LogP contribution in [0.2, 0.25) is 0 Å². The number of carbonyl (C=O) groups excluding carboxylic acids is 1. The maximum atomic E-state index is 13.1. The molecule has 0 bridgehead atoms. The lowest BCUT2D eigenvalue weighted by molar-refractivity contribution is -0.385. The molecule has 0 atom stereocenters. The summed E-state index contributed by atoms with van der Waals surface area (Å²) < 4.78 is 5.89. The van der Waals surface area contributed by atoms with Gasteiger partial charge in [0.15, 0.2) is 5.17 Å². The highest BCUT2D eigenvalue weighted by atomic mass is 32.2. The molecule has 1 aromatic heterocycles. The molecule has 168 valence electrons. The fraction of sp³-hybridized carbons (Fsp3) is 0.200. The average molecular weight is 462 g/mol. The van der Waals surface area contributed by atoms with E-state index < -0.39 is 4.92 Å². The maximum Gasteiger partial charge on any atom is 0.273 e. The molecular formula is C25H23N3O4S. The number of benzene rings is 2. The van der Waals surface area contributed by atoms with Gasteiger partial charge in [0, 0.05) is 29.3 Å². The summed E-state index contributed by atoms with van der Waals surface area (Å²) in [5, 5.41) is 11.9. The Bertz CT molecular complexity index is 1290. The van der Waals surface area contributed by atoms with Crippen molar-refractivity contribution >= 4 is 40.3 Å². The smallest absolute Gasteiger partial charge is 0.273 e. The molecule has 8 heteroatoms. The minimum atomic E-state index is -0.409. The van der Waals surface area contributed by atoms with Gasteiger partial charge in [-0.05, 0) is 63.7 Å². The van der Waals surface area contributed by atoms with Crippen molar-refractivity contribution in [1.29, 1.82) is 0 Å². The van der Waals surface area contributed by atoms with E-state index in [-0.39, 0.29) is 17.6 Å². The third kappa shape index (κ3) is 4.75. The number of hydrogen-bond acceptors (Lipinski definition) is 6. The van der Waals surface area contributed by atoms with Crippen LogP contribution in [0, 0.1) is 24.0 Å². The van der Waals surface area contributed by atoms with E-state index in [4.69, 9.17) is 4.42 Å². The molecule has 3 aromatic rings. The van der Waals surface area contributed by atoms with Gasteiger partial charge in [0.1, 0.15) is 11.5 Å². The third-order valence-electron chi connectivity index (χ3n) is 5.20. The van der Waals surface area contributed by atoms with Gasteiger partial charge in [-0.15, -0.1) is 0 Å². The molecule has 33 heavy (non-hydrogen) atoms. The number of amidine groups is 1. The number of aliphatic imine (C=N–C) groups is 1. The first-order valence-electron chi connectivity index (χ1n) is 10.5. The van der Waals surface area contributed by atoms with Gasteiger partial charge in [-0.25, -0.2) is 4.99 Å². The van der Waals surface area contributed by atoms with E-state index in [0.717, 1.165) is 11.3 Å². The minimum Gasteiger partial charge on any atom is -0.457 e. The molecule has 2 heterocycles. The van der Waals surface area contributed by atoms with Crippen LogP contribution in [0.3, 0.4) is 0 Å². The molecule has 0 radical (unpaired) electrons. The Morgan fingerprint density at radius 2 is 1.82 bits per heavy atom. The normalized spacial score (nSPS) is 16.4. The van der Waals surface area contributed by atoms with Crippen molar-refractivity contribution in [3.05, 3.63) is 86.5 Å². The van der Waals surface area contributed by atoms with Crippen molar-refractivity contribution in [3.8, 4) is 11.3 Å². The summed E-state index contributed by atoms with van der Waals surface area (Å²) in [5.41, 5.74) is 3.15. The number of rotatable bonds is 5. The summed E-state index contributed by atoms with van der Waals surface area (Å²) in [6.45, 7) is 7.60. The van der Waals surface area contributed by atoms with Crippen molar-refractivity contribution in [1.82, 2.24) is 4.90 Å². The molecule has 1 aliphatic heterocycles. The molecule has 1 aliphatic rings. The average Bonchev–Trinajstić information content (AvgIpc) is 3.35. The Morgan fingerprint density at radius 3 is 2.48 bits per heavy atom. The van der Waals surface area contributed by atoms with Crippen LogP contribution in [0.5, 0.6) is 0 Å². The van der Waals surface area contributed by atoms with Crippen molar-refractivity contribution in [2.75, 3.05) is 0 Å². The standard InChI is InChI=1S/C25H23N3O4S/c1-15(2)27-24(29)23(33-25(27)26-19-9-5-16(3)6-10-19)14-20-11-12-22(32-20)18-8-7-17(4)21(13-18)28(30)31/h5-15H,1-4H3/b23-14+,26-25?. The molecule has 0 aliphatic carbocycles. The summed E-state index contributed by atoms with van der Waals surface area (Å²) >= 11 is 1.30. The highest BCUT2D eigenvalue weighted by Crippen LogP contribution is 2.36. The first-order valence-corrected chi connectivity index (χ1v) is 11.3. The molecule has 2 aromatic carbocycles. The van der Waals surface area contributed by atoms with Crippen molar-refractivity contribution in [2.45, 2.75) is 33.7 Å². The molecule has 1 saturated heterocycles. The van der Waals surface area contributed by atoms with Gasteiger partial charge in [0.2, 0.25) is 0 Å². The van der Waals surface area contributed by atoms with Crippen molar-refractivity contribution in [2.24, 2.45) is 4.99 Å². The first-order chi connectivity index (χ1) is 15.7. The van der Waals surface area contributed by atoms with E-state index in [0.29, 0.717) is 32.7 Å². The number of nitro groups is 1. The van der Waals surface area contributed by atoms with Gasteiger partial charge in [-0.2, -0.15) is 0 Å². The van der Waals surface area contributed by atoms with Gasteiger partial charge in [-0.1, -0.05) is 29.8 Å². The number of carbonyl (C=O) groups is 1. The number of hydrogen-bond donors (Lipinski definition) is 0. The topological polar surface area (TPSA) is 89.0 Å². The van der Waals surface area contributed by atoms with Crippen LogP contribution < -0.4 is 0 Å². The number of amides is 1. The second-order valence-corrected chi connectivity index (χ2v) is 9.08. The Morgan fingerprint density at radius 1 is 1.09 bits per heavy atom. The Labute approximate surface area is 196 Å². The summed E-state index contributed by atoms with van der Waals surface area (Å²) in [6.07, 6.45) is 1.69. The molecule has 0 N–H and O–H groups in total. The minimum absolute atomic E-state index is 0.0369. The predicted octanol–water partition coefficient (Wildman–Crippen LogP) is 6.48. The van der Waals surface area contributed by atoms with Crippen LogP contribution in [0.15, 0.2) is 68.9 Å². The number of nitrogens with zero attached hydrogens (tertiary/aromatic N) is 3. The van der Waals surface area contributed by atoms with Gasteiger partial charge in [0.05, 0.1) is 15.5 Å². The molecule has 7 nitrogen and oxygen atoms in total. The van der Waals surface area contributed by atoms with Gasteiger partial charge < -0.3 is 4.42 Å². The second kappa shape index (κ2) is 9.07. The quantitative estimate of drug-likeness (QED) is 0.246. The highest BCUT2D eigenvalue weighted by molar-refractivity contribution is 8.18. The van der Waals surface area contributed by atoms with Crippen LogP contribution in [0.1, 0.15) is 30.7 Å². The monoisotopic (exact) mass is 461 g/mol. The molecule has 0 spiro atoms. The number of furan rings is 1. The Kier molecular flexibility index (Phi) is 6.20. The van der Waals surface area contributed by atoms with Crippen molar-refractivity contribution in [3.63, 3.8) is 0 Å². The van der Waals surface area contributed by atoms with Gasteiger partial charge >= 0.3 is 0 Å². The molecule has 4 rings (SSSR count). The van der Waals surface area contributed by atoms with Gasteiger partial charge in [-0.3, -0.25) is 19.8 Å². The largest absolute Gasteiger partial charge is 0.457 e. The lowest BCUT2D eigenvalue weighted by Gasteiger charge is -2.19. The van der Waals surface area contributed by atoms with E-state index in [2.05, 4.69) is 4.99 Å². The second-order valence-electron chi connectivity index (χ2n) is 8.07. The number of thioether (sulfide) groups is 1. The van der Waals surface area contributed by atoms with Crippen LogP contribution in [0.4, 0.5) is 11.4 Å². The van der Waals surface area contributed by atoms with Crippen LogP contribution in [-0.4, -0.2) is 26.9 Å². The van der Waals surface area contributed by atoms with E-state index in [9.17, 15) is 14.9 Å². The van der Waals surface area contributed by atoms with Crippen LogP contribution >= 0.6 is 11.8 Å². The number of aryl methyl sites for hydroxylation is 2. The molecule has 1 fully saturated rings. The maximum absolute atomic E-state index is 13.1. The lowest BCUT2D eigenvalue weighted by atomic mass is 10.1. The zero-order valence-corrected chi connectivity index (χ0v) is 19.6. The van der Waals surface area contributed by atoms with Crippen LogP contribution in [0.25, 0.3) is 17.4 Å². The molecule has 1 amide bonds. The molecular weight excluding hydrogens is 438 g/mol. The summed E-state index contributed by atoms with van der Waals surface area (Å²) in [7, 11) is 0. The highest BCUT2D eigenvalue weighted by Gasteiger charge is 2.35. The summed E-state index contributed by atoms with van der Waals surface area (Å²) in [6, 6.07) is 16.2. The van der Waals surface area contributed by atoms with Gasteiger partial charge in [0.25, 0.3) is 11.6 Å². The lowest BCUT2D eigenvalue weighted by Crippen LogP contribution is -2.35. The fourth-order valence-electron chi connectivity index (χ4n) is 3.42. The predicted molar refractivity (Wildman–Crippen MR) is 131 cm³/mol. The molecule has 0 saturated carbocycles. The van der Waals surface area contributed by atoms with Crippen LogP contribution in [-0.2, 0) is 4.79 Å². The zero-order valence-electron chi connectivity index (χ0n) is 18.7. The Balaban J connectivity index is 1.64. The third-order valence-corrected chi connectivity index (χ3v) is 6.19. The molecule has 0 unspecified atom stereocenters. The zero-order chi connectivity index (χ0) is 23.7. The number of nitro benzene ring substituents is 1. The SMILES string of the molecule is Cc1ccc(N=C2S/C(=C/c3ccc(-c4ccc(C)c([N+](=O)[O-])c4)o3)C(=O)N2C(C)C)cc1. The van der Waals surface area contributed by atoms with E-state index in [1.165, 1.54) is 17.8 Å².